The molecule has 1 atom stereocenters. The third kappa shape index (κ3) is 3.41. The quantitative estimate of drug-likeness (QED) is 0.837. The number of hydrogen-bond acceptors (Lipinski definition) is 4. The third-order valence-electron chi connectivity index (χ3n) is 3.83. The van der Waals surface area contributed by atoms with E-state index in [2.05, 4.69) is 26.6 Å². The number of ether oxygens (including phenoxy) is 1. The summed E-state index contributed by atoms with van der Waals surface area (Å²) in [6.45, 7) is 1.76. The first-order chi connectivity index (χ1) is 10.6. The van der Waals surface area contributed by atoms with Gasteiger partial charge >= 0.3 is 0 Å². The van der Waals surface area contributed by atoms with E-state index < -0.39 is 0 Å². The van der Waals surface area contributed by atoms with E-state index in [-0.39, 0.29) is 31.0 Å². The highest BCUT2D eigenvalue weighted by molar-refractivity contribution is 9.10. The summed E-state index contributed by atoms with van der Waals surface area (Å²) in [5.74, 6) is 0.269. The molecule has 2 amide bonds. The number of nitrogens with zero attached hydrogens (tertiary/aromatic N) is 1. The lowest BCUT2D eigenvalue weighted by Crippen LogP contribution is -2.50. The first kappa shape index (κ1) is 15.3. The average molecular weight is 368 g/mol. The van der Waals surface area contributed by atoms with Gasteiger partial charge in [-0.25, -0.2) is 0 Å². The van der Waals surface area contributed by atoms with E-state index in [1.54, 1.807) is 12.1 Å². The van der Waals surface area contributed by atoms with Crippen LogP contribution in [0, 0.1) is 0 Å². The lowest BCUT2D eigenvalue weighted by molar-refractivity contribution is -0.125. The van der Waals surface area contributed by atoms with Crippen LogP contribution in [0.2, 0.25) is 0 Å². The highest BCUT2D eigenvalue weighted by Gasteiger charge is 2.28. The summed E-state index contributed by atoms with van der Waals surface area (Å²) in [6.07, 6.45) is 2.03. The highest BCUT2D eigenvalue weighted by atomic mass is 79.9. The van der Waals surface area contributed by atoms with E-state index in [1.165, 1.54) is 4.90 Å². The summed E-state index contributed by atoms with van der Waals surface area (Å²) >= 11 is 3.37. The second kappa shape index (κ2) is 6.66. The largest absolute Gasteiger partial charge is 0.482 e. The van der Waals surface area contributed by atoms with Gasteiger partial charge in [0.05, 0.1) is 5.69 Å². The van der Waals surface area contributed by atoms with Crippen LogP contribution in [0.1, 0.15) is 12.8 Å². The first-order valence-electron chi connectivity index (χ1n) is 7.36. The molecule has 2 heterocycles. The normalized spacial score (nSPS) is 21.0. The fraction of sp³-hybridized carbons (Fsp3) is 0.467. The van der Waals surface area contributed by atoms with E-state index in [0.29, 0.717) is 11.4 Å². The summed E-state index contributed by atoms with van der Waals surface area (Å²) < 4.78 is 6.29. The maximum atomic E-state index is 12.2. The molecule has 2 N–H and O–H groups in total. The number of benzene rings is 1. The number of nitrogens with one attached hydrogen (secondary N) is 2. The van der Waals surface area contributed by atoms with E-state index in [1.807, 2.05) is 6.07 Å². The molecule has 0 radical (unpaired) electrons. The summed E-state index contributed by atoms with van der Waals surface area (Å²) in [6, 6.07) is 5.56. The van der Waals surface area contributed by atoms with Crippen molar-refractivity contribution in [3.63, 3.8) is 0 Å². The number of rotatable bonds is 3. The molecule has 7 heteroatoms. The summed E-state index contributed by atoms with van der Waals surface area (Å²) in [4.78, 5) is 25.8. The monoisotopic (exact) mass is 367 g/mol. The van der Waals surface area contributed by atoms with Crippen molar-refractivity contribution in [2.75, 3.05) is 31.1 Å². The summed E-state index contributed by atoms with van der Waals surface area (Å²) in [7, 11) is 0. The zero-order valence-corrected chi connectivity index (χ0v) is 13.7. The SMILES string of the molecule is O=C(CN1C(=O)COc2cc(Br)ccc21)N[C@H]1CCCNC1. The van der Waals surface area contributed by atoms with Crippen molar-refractivity contribution in [2.45, 2.75) is 18.9 Å². The standard InChI is InChI=1S/C15H18BrN3O3/c16-10-3-4-12-13(6-10)22-9-15(21)19(12)8-14(20)18-11-2-1-5-17-7-11/h3-4,6,11,17H,1-2,5,7-9H2,(H,18,20)/t11-/m0/s1. The number of amides is 2. The van der Waals surface area contributed by atoms with Gasteiger partial charge in [0.1, 0.15) is 12.3 Å². The molecule has 0 aromatic heterocycles. The Bertz CT molecular complexity index is 587. The predicted octanol–water partition coefficient (Wildman–Crippen LogP) is 1.04. The molecule has 118 valence electrons. The molecule has 1 aromatic carbocycles. The van der Waals surface area contributed by atoms with Crippen molar-refractivity contribution in [1.82, 2.24) is 10.6 Å². The molecule has 1 fully saturated rings. The minimum Gasteiger partial charge on any atom is -0.482 e. The van der Waals surface area contributed by atoms with Crippen molar-refractivity contribution in [1.29, 1.82) is 0 Å². The van der Waals surface area contributed by atoms with Crippen LogP contribution in [0.15, 0.2) is 22.7 Å². The Kier molecular flexibility index (Phi) is 4.63. The zero-order chi connectivity index (χ0) is 15.5. The molecule has 0 aliphatic carbocycles. The summed E-state index contributed by atoms with van der Waals surface area (Å²) in [5, 5.41) is 6.24. The van der Waals surface area contributed by atoms with Gasteiger partial charge < -0.3 is 15.4 Å². The Labute approximate surface area is 137 Å². The van der Waals surface area contributed by atoms with Crippen LogP contribution in [-0.4, -0.2) is 44.1 Å². The van der Waals surface area contributed by atoms with Crippen molar-refractivity contribution in [2.24, 2.45) is 0 Å². The number of carbonyl (C=O) groups excluding carboxylic acids is 2. The Morgan fingerprint density at radius 2 is 2.36 bits per heavy atom. The van der Waals surface area contributed by atoms with Gasteiger partial charge in [-0.2, -0.15) is 0 Å². The molecule has 1 saturated heterocycles. The van der Waals surface area contributed by atoms with Gasteiger partial charge in [-0.15, -0.1) is 0 Å². The van der Waals surface area contributed by atoms with Crippen LogP contribution in [0.5, 0.6) is 5.75 Å². The Morgan fingerprint density at radius 1 is 1.50 bits per heavy atom. The molecule has 0 spiro atoms. The van der Waals surface area contributed by atoms with Crippen LogP contribution in [0.25, 0.3) is 0 Å². The van der Waals surface area contributed by atoms with Gasteiger partial charge in [-0.3, -0.25) is 14.5 Å². The molecule has 0 unspecified atom stereocenters. The number of fused-ring (bicyclic) bond motifs is 1. The maximum Gasteiger partial charge on any atom is 0.265 e. The van der Waals surface area contributed by atoms with Crippen LogP contribution in [0.4, 0.5) is 5.69 Å². The van der Waals surface area contributed by atoms with E-state index in [4.69, 9.17) is 4.74 Å². The van der Waals surface area contributed by atoms with Gasteiger partial charge in [-0.1, -0.05) is 15.9 Å². The average Bonchev–Trinajstić information content (AvgIpc) is 2.51. The summed E-state index contributed by atoms with van der Waals surface area (Å²) in [5.41, 5.74) is 0.636. The molecular weight excluding hydrogens is 350 g/mol. The molecule has 6 nitrogen and oxygen atoms in total. The van der Waals surface area contributed by atoms with Gasteiger partial charge in [0.15, 0.2) is 6.61 Å². The Morgan fingerprint density at radius 3 is 3.14 bits per heavy atom. The lowest BCUT2D eigenvalue weighted by atomic mass is 10.1. The number of halogens is 1. The number of carbonyl (C=O) groups is 2. The second-order valence-corrected chi connectivity index (χ2v) is 6.41. The maximum absolute atomic E-state index is 12.2. The van der Waals surface area contributed by atoms with Gasteiger partial charge in [0.2, 0.25) is 5.91 Å². The molecule has 0 bridgehead atoms. The molecule has 2 aliphatic heterocycles. The highest BCUT2D eigenvalue weighted by Crippen LogP contribution is 2.34. The number of piperidine rings is 1. The molecule has 2 aliphatic rings. The van der Waals surface area contributed by atoms with E-state index in [0.717, 1.165) is 30.4 Å². The van der Waals surface area contributed by atoms with Crippen molar-refractivity contribution >= 4 is 33.4 Å². The third-order valence-corrected chi connectivity index (χ3v) is 4.32. The Balaban J connectivity index is 1.68. The molecule has 1 aromatic rings. The minimum absolute atomic E-state index is 0.0212. The Hall–Kier alpha value is -1.60. The number of hydrogen-bond donors (Lipinski definition) is 2. The van der Waals surface area contributed by atoms with Gasteiger partial charge in [0, 0.05) is 17.1 Å². The molecule has 0 saturated carbocycles. The van der Waals surface area contributed by atoms with Crippen molar-refractivity contribution < 1.29 is 14.3 Å². The smallest absolute Gasteiger partial charge is 0.265 e. The van der Waals surface area contributed by atoms with Crippen molar-refractivity contribution in [3.8, 4) is 5.75 Å². The fourth-order valence-corrected chi connectivity index (χ4v) is 3.08. The van der Waals surface area contributed by atoms with Crippen molar-refractivity contribution in [3.05, 3.63) is 22.7 Å². The van der Waals surface area contributed by atoms with Crippen LogP contribution >= 0.6 is 15.9 Å². The van der Waals surface area contributed by atoms with E-state index >= 15 is 0 Å². The first-order valence-corrected chi connectivity index (χ1v) is 8.15. The van der Waals surface area contributed by atoms with E-state index in [9.17, 15) is 9.59 Å². The molecule has 3 rings (SSSR count). The van der Waals surface area contributed by atoms with Crippen LogP contribution in [-0.2, 0) is 9.59 Å². The topological polar surface area (TPSA) is 70.7 Å². The minimum atomic E-state index is -0.202. The second-order valence-electron chi connectivity index (χ2n) is 5.49. The molecular formula is C15H18BrN3O3. The number of anilines is 1. The fourth-order valence-electron chi connectivity index (χ4n) is 2.74. The lowest BCUT2D eigenvalue weighted by Gasteiger charge is -2.30. The predicted molar refractivity (Wildman–Crippen MR) is 86.0 cm³/mol. The van der Waals surface area contributed by atoms with Gasteiger partial charge in [0.25, 0.3) is 5.91 Å². The van der Waals surface area contributed by atoms with Crippen LogP contribution in [0.3, 0.4) is 0 Å². The van der Waals surface area contributed by atoms with Gasteiger partial charge in [-0.05, 0) is 37.6 Å². The zero-order valence-electron chi connectivity index (χ0n) is 12.1. The molecule has 22 heavy (non-hydrogen) atoms. The van der Waals surface area contributed by atoms with Crippen LogP contribution < -0.4 is 20.3 Å².